The van der Waals surface area contributed by atoms with Crippen molar-refractivity contribution in [2.24, 2.45) is 5.92 Å². The summed E-state index contributed by atoms with van der Waals surface area (Å²) in [5.41, 5.74) is 2.11. The van der Waals surface area contributed by atoms with E-state index in [9.17, 15) is 22.0 Å². The average molecular weight is 555 g/mol. The van der Waals surface area contributed by atoms with Crippen LogP contribution in [-0.4, -0.2) is 56.6 Å². The van der Waals surface area contributed by atoms with Crippen molar-refractivity contribution in [3.63, 3.8) is 0 Å². The van der Waals surface area contributed by atoms with E-state index in [1.165, 1.54) is 29.9 Å². The molecule has 1 saturated heterocycles. The number of carbonyl (C=O) groups is 1. The lowest BCUT2D eigenvalue weighted by Gasteiger charge is -2.30. The molecule has 3 aromatic rings. The van der Waals surface area contributed by atoms with Gasteiger partial charge in [0, 0.05) is 59.3 Å². The lowest BCUT2D eigenvalue weighted by atomic mass is 9.94. The van der Waals surface area contributed by atoms with E-state index in [0.29, 0.717) is 59.5 Å². The number of Topliss-reactive ketones (excluding diaryl/α,β-unsaturated/α-hetero) is 1. The number of hydrogen-bond acceptors (Lipinski definition) is 6. The number of methoxy groups -OCH3 is 1. The molecule has 2 aromatic carbocycles. The Morgan fingerprint density at radius 3 is 2.36 bits per heavy atom. The number of piperidine rings is 1. The predicted molar refractivity (Wildman–Crippen MR) is 143 cm³/mol. The Bertz CT molecular complexity index is 1550. The summed E-state index contributed by atoms with van der Waals surface area (Å²) in [6, 6.07) is 11.7. The first kappa shape index (κ1) is 27.0. The minimum absolute atomic E-state index is 0.114. The van der Waals surface area contributed by atoms with Gasteiger partial charge in [0.2, 0.25) is 15.9 Å². The van der Waals surface area contributed by atoms with Gasteiger partial charge in [0.25, 0.3) is 0 Å². The van der Waals surface area contributed by atoms with Gasteiger partial charge in [0.15, 0.2) is 5.78 Å². The first-order valence-corrected chi connectivity index (χ1v) is 14.5. The number of ether oxygens (including phenoxy) is 2. The summed E-state index contributed by atoms with van der Waals surface area (Å²) in [7, 11) is -1.68. The van der Waals surface area contributed by atoms with Crippen LogP contribution in [0, 0.1) is 17.6 Å². The molecule has 0 radical (unpaired) electrons. The van der Waals surface area contributed by atoms with Crippen molar-refractivity contribution in [2.75, 3.05) is 33.1 Å². The van der Waals surface area contributed by atoms with E-state index >= 15 is 0 Å². The summed E-state index contributed by atoms with van der Waals surface area (Å²) in [6.45, 7) is 1.43. The first-order valence-electron chi connectivity index (χ1n) is 12.6. The molecule has 1 fully saturated rings. The quantitative estimate of drug-likeness (QED) is 0.391. The highest BCUT2D eigenvalue weighted by atomic mass is 32.2. The topological polar surface area (TPSA) is 85.8 Å². The monoisotopic (exact) mass is 554 g/mol. The second-order valence-electron chi connectivity index (χ2n) is 9.74. The highest BCUT2D eigenvalue weighted by Gasteiger charge is 2.33. The van der Waals surface area contributed by atoms with Gasteiger partial charge in [0.05, 0.1) is 20.0 Å². The molecule has 1 aliphatic carbocycles. The van der Waals surface area contributed by atoms with Crippen LogP contribution in [0.1, 0.15) is 46.3 Å². The van der Waals surface area contributed by atoms with Crippen LogP contribution in [0.3, 0.4) is 0 Å². The lowest BCUT2D eigenvalue weighted by molar-refractivity contribution is 0.105. The van der Waals surface area contributed by atoms with Crippen LogP contribution in [0.25, 0.3) is 11.1 Å². The highest BCUT2D eigenvalue weighted by Crippen LogP contribution is 2.44. The van der Waals surface area contributed by atoms with Crippen molar-refractivity contribution in [2.45, 2.75) is 19.3 Å². The fraction of sp³-hybridized carbons (Fsp3) is 0.310. The molecule has 0 amide bonds. The molecule has 39 heavy (non-hydrogen) atoms. The van der Waals surface area contributed by atoms with Gasteiger partial charge in [-0.25, -0.2) is 26.5 Å². The van der Waals surface area contributed by atoms with E-state index in [2.05, 4.69) is 4.98 Å². The van der Waals surface area contributed by atoms with Gasteiger partial charge in [-0.3, -0.25) is 4.79 Å². The smallest absolute Gasteiger partial charge is 0.212 e. The molecule has 10 heteroatoms. The van der Waals surface area contributed by atoms with Crippen LogP contribution in [0.15, 0.2) is 54.7 Å². The number of halogens is 2. The molecule has 0 bridgehead atoms. The van der Waals surface area contributed by atoms with Crippen molar-refractivity contribution < 1.29 is 31.5 Å². The molecule has 0 atom stereocenters. The van der Waals surface area contributed by atoms with Crippen LogP contribution < -0.4 is 9.47 Å². The van der Waals surface area contributed by atoms with Gasteiger partial charge >= 0.3 is 0 Å². The fourth-order valence-electron chi connectivity index (χ4n) is 5.17. The number of fused-ring (bicyclic) bond motifs is 1. The molecule has 204 valence electrons. The number of benzene rings is 2. The normalized spacial score (nSPS) is 16.5. The molecule has 0 unspecified atom stereocenters. The maximum atomic E-state index is 15.0. The Morgan fingerprint density at radius 2 is 1.72 bits per heavy atom. The van der Waals surface area contributed by atoms with Gasteiger partial charge in [0.1, 0.15) is 17.4 Å². The van der Waals surface area contributed by atoms with Crippen molar-refractivity contribution >= 4 is 27.0 Å². The second-order valence-corrected chi connectivity index (χ2v) is 11.7. The van der Waals surface area contributed by atoms with E-state index in [1.807, 2.05) is 0 Å². The highest BCUT2D eigenvalue weighted by molar-refractivity contribution is 7.88. The Morgan fingerprint density at radius 1 is 0.974 bits per heavy atom. The standard InChI is InChI=1S/C29H28F2N2O5S/c1-37-26-8-3-19(17-32-26)27-28(23-6-4-20(30)15-25(23)31)22-7-5-21(16-24(22)29(27)34)38-14-11-18-9-12-33(13-10-18)39(2,35)36/h3-8,15-18H,9-14H2,1-2H3. The number of pyridine rings is 1. The predicted octanol–water partition coefficient (Wildman–Crippen LogP) is 4.96. The zero-order valence-electron chi connectivity index (χ0n) is 21.6. The van der Waals surface area contributed by atoms with Crippen LogP contribution in [0.4, 0.5) is 8.78 Å². The van der Waals surface area contributed by atoms with Gasteiger partial charge in [-0.05, 0) is 67.1 Å². The molecular weight excluding hydrogens is 526 g/mol. The van der Waals surface area contributed by atoms with E-state index in [0.717, 1.165) is 31.4 Å². The molecule has 2 heterocycles. The Kier molecular flexibility index (Phi) is 7.51. The summed E-state index contributed by atoms with van der Waals surface area (Å²) in [5, 5.41) is 0. The van der Waals surface area contributed by atoms with E-state index < -0.39 is 21.7 Å². The van der Waals surface area contributed by atoms with Gasteiger partial charge in [-0.2, -0.15) is 0 Å². The lowest BCUT2D eigenvalue weighted by Crippen LogP contribution is -2.38. The minimum Gasteiger partial charge on any atom is -0.494 e. The van der Waals surface area contributed by atoms with Gasteiger partial charge in [-0.15, -0.1) is 0 Å². The molecule has 7 nitrogen and oxygen atoms in total. The third kappa shape index (κ3) is 5.58. The van der Waals surface area contributed by atoms with Crippen LogP contribution in [-0.2, 0) is 10.0 Å². The van der Waals surface area contributed by atoms with Crippen LogP contribution in [0.5, 0.6) is 11.6 Å². The minimum atomic E-state index is -3.17. The molecule has 1 aliphatic heterocycles. The van der Waals surface area contributed by atoms with Gasteiger partial charge in [-0.1, -0.05) is 0 Å². The number of aromatic nitrogens is 1. The Balaban J connectivity index is 1.38. The second kappa shape index (κ2) is 10.9. The molecule has 0 saturated carbocycles. The zero-order valence-corrected chi connectivity index (χ0v) is 22.4. The molecular formula is C29H28F2N2O5S. The SMILES string of the molecule is COc1ccc(C2=C(c3ccc(F)cc3F)c3ccc(OCCC4CCN(S(C)(=O)=O)CC4)cc3C2=O)cn1. The number of rotatable bonds is 8. The van der Waals surface area contributed by atoms with E-state index in [1.54, 1.807) is 30.3 Å². The summed E-state index contributed by atoms with van der Waals surface area (Å²) in [5.74, 6) is -0.567. The third-order valence-corrected chi connectivity index (χ3v) is 8.56. The maximum absolute atomic E-state index is 15.0. The van der Waals surface area contributed by atoms with Crippen molar-refractivity contribution in [1.82, 2.24) is 9.29 Å². The molecule has 5 rings (SSSR count). The largest absolute Gasteiger partial charge is 0.494 e. The summed E-state index contributed by atoms with van der Waals surface area (Å²) < 4.78 is 64.7. The van der Waals surface area contributed by atoms with Crippen molar-refractivity contribution in [3.8, 4) is 11.6 Å². The number of allylic oxidation sites excluding steroid dienone is 1. The number of hydrogen-bond donors (Lipinski definition) is 0. The van der Waals surface area contributed by atoms with Gasteiger partial charge < -0.3 is 9.47 Å². The Labute approximate surface area is 226 Å². The zero-order chi connectivity index (χ0) is 27.7. The number of carbonyl (C=O) groups excluding carboxylic acids is 1. The fourth-order valence-corrected chi connectivity index (χ4v) is 6.05. The van der Waals surface area contributed by atoms with Crippen molar-refractivity contribution in [3.05, 3.63) is 88.6 Å². The summed E-state index contributed by atoms with van der Waals surface area (Å²) >= 11 is 0. The summed E-state index contributed by atoms with van der Waals surface area (Å²) in [4.78, 5) is 17.9. The molecule has 2 aliphatic rings. The van der Waals surface area contributed by atoms with Crippen LogP contribution >= 0.6 is 0 Å². The Hall–Kier alpha value is -3.63. The summed E-state index contributed by atoms with van der Waals surface area (Å²) in [6.07, 6.45) is 5.03. The number of ketones is 1. The molecule has 0 spiro atoms. The third-order valence-electron chi connectivity index (χ3n) is 7.25. The molecule has 0 N–H and O–H groups in total. The maximum Gasteiger partial charge on any atom is 0.212 e. The van der Waals surface area contributed by atoms with E-state index in [4.69, 9.17) is 9.47 Å². The number of sulfonamides is 1. The van der Waals surface area contributed by atoms with E-state index in [-0.39, 0.29) is 16.9 Å². The molecule has 1 aromatic heterocycles. The van der Waals surface area contributed by atoms with Crippen LogP contribution in [0.2, 0.25) is 0 Å². The average Bonchev–Trinajstić information content (AvgIpc) is 3.20. The number of nitrogens with zero attached hydrogens (tertiary/aromatic N) is 2. The first-order chi connectivity index (χ1) is 18.7. The van der Waals surface area contributed by atoms with Crippen molar-refractivity contribution in [1.29, 1.82) is 0 Å².